The largest absolute Gasteiger partial charge is 0.381 e. The first-order valence-corrected chi connectivity index (χ1v) is 7.17. The van der Waals surface area contributed by atoms with Crippen LogP contribution in [0.15, 0.2) is 40.9 Å². The summed E-state index contributed by atoms with van der Waals surface area (Å²) >= 11 is 3.22. The Bertz CT molecular complexity index is 581. The van der Waals surface area contributed by atoms with E-state index in [1.165, 1.54) is 17.2 Å². The Labute approximate surface area is 122 Å². The van der Waals surface area contributed by atoms with Crippen LogP contribution in [0.25, 0.3) is 0 Å². The Balaban J connectivity index is 2.17. The predicted octanol–water partition coefficient (Wildman–Crippen LogP) is 5.07. The van der Waals surface area contributed by atoms with Gasteiger partial charge in [-0.1, -0.05) is 31.2 Å². The predicted molar refractivity (Wildman–Crippen MR) is 82.0 cm³/mol. The lowest BCUT2D eigenvalue weighted by Gasteiger charge is -2.13. The molecule has 2 rings (SSSR count). The van der Waals surface area contributed by atoms with Gasteiger partial charge in [0.15, 0.2) is 0 Å². The van der Waals surface area contributed by atoms with E-state index in [-0.39, 0.29) is 5.82 Å². The van der Waals surface area contributed by atoms with Crippen molar-refractivity contribution in [1.82, 2.24) is 0 Å². The molecule has 0 spiro atoms. The van der Waals surface area contributed by atoms with Gasteiger partial charge in [0, 0.05) is 12.2 Å². The van der Waals surface area contributed by atoms with Crippen molar-refractivity contribution in [3.05, 3.63) is 63.4 Å². The van der Waals surface area contributed by atoms with Crippen LogP contribution in [0, 0.1) is 12.7 Å². The van der Waals surface area contributed by atoms with Crippen molar-refractivity contribution in [3.8, 4) is 0 Å². The first-order valence-electron chi connectivity index (χ1n) is 6.38. The Kier molecular flexibility index (Phi) is 4.59. The Hall–Kier alpha value is -1.35. The molecule has 1 nitrogen and oxygen atoms in total. The zero-order valence-corrected chi connectivity index (χ0v) is 12.7. The third-order valence-corrected chi connectivity index (χ3v) is 3.84. The molecule has 0 amide bonds. The summed E-state index contributed by atoms with van der Waals surface area (Å²) in [4.78, 5) is 0. The fourth-order valence-corrected chi connectivity index (χ4v) is 2.45. The maximum Gasteiger partial charge on any atom is 0.137 e. The highest BCUT2D eigenvalue weighted by atomic mass is 79.9. The summed E-state index contributed by atoms with van der Waals surface area (Å²) in [5.41, 5.74) is 4.49. The summed E-state index contributed by atoms with van der Waals surface area (Å²) in [6.07, 6.45) is 1.02. The smallest absolute Gasteiger partial charge is 0.137 e. The van der Waals surface area contributed by atoms with Crippen LogP contribution in [0.1, 0.15) is 23.6 Å². The highest BCUT2D eigenvalue weighted by Crippen LogP contribution is 2.25. The standard InChI is InChI=1S/C16H17BrFN/c1-3-12-6-4-5-7-13(12)10-19-16-9-14(17)15(18)8-11(16)2/h4-9,19H,3,10H2,1-2H3. The average molecular weight is 322 g/mol. The minimum absolute atomic E-state index is 0.225. The first kappa shape index (κ1) is 14.1. The third-order valence-electron chi connectivity index (χ3n) is 3.24. The number of hydrogen-bond donors (Lipinski definition) is 1. The highest BCUT2D eigenvalue weighted by molar-refractivity contribution is 9.10. The van der Waals surface area contributed by atoms with Crippen LogP contribution in [0.3, 0.4) is 0 Å². The number of hydrogen-bond acceptors (Lipinski definition) is 1. The van der Waals surface area contributed by atoms with Crippen LogP contribution in [-0.4, -0.2) is 0 Å². The van der Waals surface area contributed by atoms with E-state index in [9.17, 15) is 4.39 Å². The van der Waals surface area contributed by atoms with Gasteiger partial charge in [0.2, 0.25) is 0 Å². The molecule has 3 heteroatoms. The topological polar surface area (TPSA) is 12.0 Å². The zero-order valence-electron chi connectivity index (χ0n) is 11.1. The van der Waals surface area contributed by atoms with Crippen LogP contribution in [0.4, 0.5) is 10.1 Å². The summed E-state index contributed by atoms with van der Waals surface area (Å²) in [7, 11) is 0. The second kappa shape index (κ2) is 6.20. The number of nitrogens with one attached hydrogen (secondary N) is 1. The van der Waals surface area contributed by atoms with Crippen molar-refractivity contribution < 1.29 is 4.39 Å². The SMILES string of the molecule is CCc1ccccc1CNc1cc(Br)c(F)cc1C. The molecule has 0 unspecified atom stereocenters. The van der Waals surface area contributed by atoms with Gasteiger partial charge in [-0.25, -0.2) is 4.39 Å². The number of rotatable bonds is 4. The van der Waals surface area contributed by atoms with Gasteiger partial charge in [-0.05, 0) is 58.1 Å². The molecule has 0 aliphatic rings. The van der Waals surface area contributed by atoms with E-state index < -0.39 is 0 Å². The lowest BCUT2D eigenvalue weighted by atomic mass is 10.1. The Morgan fingerprint density at radius 2 is 1.84 bits per heavy atom. The normalized spacial score (nSPS) is 10.5. The van der Waals surface area contributed by atoms with Gasteiger partial charge < -0.3 is 5.32 Å². The lowest BCUT2D eigenvalue weighted by molar-refractivity contribution is 0.620. The minimum Gasteiger partial charge on any atom is -0.381 e. The van der Waals surface area contributed by atoms with Crippen LogP contribution < -0.4 is 5.32 Å². The number of halogens is 2. The molecule has 2 aromatic rings. The molecule has 19 heavy (non-hydrogen) atoms. The molecule has 0 atom stereocenters. The Morgan fingerprint density at radius 3 is 2.53 bits per heavy atom. The molecule has 1 N–H and O–H groups in total. The van der Waals surface area contributed by atoms with Crippen LogP contribution in [-0.2, 0) is 13.0 Å². The Morgan fingerprint density at radius 1 is 1.16 bits per heavy atom. The molecule has 0 radical (unpaired) electrons. The third kappa shape index (κ3) is 3.35. The van der Waals surface area contributed by atoms with E-state index in [4.69, 9.17) is 0 Å². The minimum atomic E-state index is -0.225. The number of anilines is 1. The van der Waals surface area contributed by atoms with Crippen molar-refractivity contribution in [2.45, 2.75) is 26.8 Å². The van der Waals surface area contributed by atoms with Gasteiger partial charge in [-0.15, -0.1) is 0 Å². The van der Waals surface area contributed by atoms with Gasteiger partial charge in [-0.2, -0.15) is 0 Å². The van der Waals surface area contributed by atoms with Crippen molar-refractivity contribution in [1.29, 1.82) is 0 Å². The molecular weight excluding hydrogens is 305 g/mol. The van der Waals surface area contributed by atoms with Gasteiger partial charge >= 0.3 is 0 Å². The van der Waals surface area contributed by atoms with Gasteiger partial charge in [0.05, 0.1) is 4.47 Å². The fraction of sp³-hybridized carbons (Fsp3) is 0.250. The van der Waals surface area contributed by atoms with E-state index in [0.29, 0.717) is 4.47 Å². The quantitative estimate of drug-likeness (QED) is 0.828. The molecule has 0 bridgehead atoms. The molecule has 0 saturated heterocycles. The molecule has 100 valence electrons. The van der Waals surface area contributed by atoms with Crippen LogP contribution in [0.2, 0.25) is 0 Å². The van der Waals surface area contributed by atoms with Crippen molar-refractivity contribution in [2.75, 3.05) is 5.32 Å². The second-order valence-corrected chi connectivity index (χ2v) is 5.41. The summed E-state index contributed by atoms with van der Waals surface area (Å²) in [5.74, 6) is -0.225. The molecule has 0 aliphatic heterocycles. The molecule has 0 heterocycles. The zero-order chi connectivity index (χ0) is 13.8. The number of aryl methyl sites for hydroxylation is 2. The molecule has 0 aromatic heterocycles. The lowest BCUT2D eigenvalue weighted by Crippen LogP contribution is -2.04. The van der Waals surface area contributed by atoms with Gasteiger partial charge in [-0.3, -0.25) is 0 Å². The van der Waals surface area contributed by atoms with Crippen LogP contribution in [0.5, 0.6) is 0 Å². The molecule has 2 aromatic carbocycles. The fourth-order valence-electron chi connectivity index (χ4n) is 2.10. The maximum atomic E-state index is 13.4. The number of benzene rings is 2. The van der Waals surface area contributed by atoms with E-state index in [1.54, 1.807) is 6.07 Å². The molecule has 0 saturated carbocycles. The highest BCUT2D eigenvalue weighted by Gasteiger charge is 2.06. The molecule has 0 aliphatic carbocycles. The van der Waals surface area contributed by atoms with Gasteiger partial charge in [0.1, 0.15) is 5.82 Å². The maximum absolute atomic E-state index is 13.4. The summed E-state index contributed by atoms with van der Waals surface area (Å²) < 4.78 is 13.9. The summed E-state index contributed by atoms with van der Waals surface area (Å²) in [6, 6.07) is 11.7. The van der Waals surface area contributed by atoms with Crippen molar-refractivity contribution >= 4 is 21.6 Å². The second-order valence-electron chi connectivity index (χ2n) is 4.56. The molecular formula is C16H17BrFN. The van der Waals surface area contributed by atoms with Crippen molar-refractivity contribution in [3.63, 3.8) is 0 Å². The van der Waals surface area contributed by atoms with Crippen molar-refractivity contribution in [2.24, 2.45) is 0 Å². The van der Waals surface area contributed by atoms with E-state index >= 15 is 0 Å². The molecule has 0 fully saturated rings. The summed E-state index contributed by atoms with van der Waals surface area (Å²) in [5, 5.41) is 3.38. The average Bonchev–Trinajstić information content (AvgIpc) is 2.41. The van der Waals surface area contributed by atoms with E-state index in [1.807, 2.05) is 13.0 Å². The van der Waals surface area contributed by atoms with E-state index in [2.05, 4.69) is 46.4 Å². The van der Waals surface area contributed by atoms with Crippen LogP contribution >= 0.6 is 15.9 Å². The summed E-state index contributed by atoms with van der Waals surface area (Å²) in [6.45, 7) is 4.81. The van der Waals surface area contributed by atoms with Gasteiger partial charge in [0.25, 0.3) is 0 Å². The van der Waals surface area contributed by atoms with E-state index in [0.717, 1.165) is 24.2 Å². The first-order chi connectivity index (χ1) is 9.11. The monoisotopic (exact) mass is 321 g/mol.